The van der Waals surface area contributed by atoms with Crippen LogP contribution in [0.5, 0.6) is 0 Å². The highest BCUT2D eigenvalue weighted by Gasteiger charge is 2.23. The van der Waals surface area contributed by atoms with E-state index in [0.717, 1.165) is 57.2 Å². The molecule has 1 aliphatic carbocycles. The van der Waals surface area contributed by atoms with E-state index in [-0.39, 0.29) is 23.3 Å². The molecule has 0 unspecified atom stereocenters. The normalized spacial score (nSPS) is 17.4. The minimum absolute atomic E-state index is 0.0237. The molecule has 0 spiro atoms. The van der Waals surface area contributed by atoms with Crippen molar-refractivity contribution in [3.63, 3.8) is 0 Å². The third kappa shape index (κ3) is 4.29. The summed E-state index contributed by atoms with van der Waals surface area (Å²) in [7, 11) is 0. The largest absolute Gasteiger partial charge is 0.354 e. The van der Waals surface area contributed by atoms with E-state index in [1.165, 1.54) is 17.8 Å². The number of carbonyl (C=O) groups is 2. The Morgan fingerprint density at radius 3 is 2.60 bits per heavy atom. The molecule has 2 aromatic heterocycles. The van der Waals surface area contributed by atoms with E-state index in [2.05, 4.69) is 10.6 Å². The van der Waals surface area contributed by atoms with Crippen LogP contribution < -0.4 is 16.2 Å². The standard InChI is InChI=1S/C22H30N4O3S/c1-14-17-21(25-16-10-6-3-7-13-26(16)22(17)29)30-18(14)20(28)24-12-11-23-19(27)15-8-4-2-5-9-15/h15H,2-13H2,1H3,(H,23,27)(H,24,28). The lowest BCUT2D eigenvalue weighted by atomic mass is 9.89. The van der Waals surface area contributed by atoms with Crippen LogP contribution in [0.1, 0.15) is 72.4 Å². The van der Waals surface area contributed by atoms with Crippen molar-refractivity contribution in [3.05, 3.63) is 26.6 Å². The SMILES string of the molecule is Cc1c(C(=O)NCCNC(=O)C2CCCCC2)sc2nc3n(c(=O)c12)CCCCC3. The molecular formula is C22H30N4O3S. The maximum Gasteiger partial charge on any atom is 0.262 e. The fourth-order valence-electron chi connectivity index (χ4n) is 4.58. The van der Waals surface area contributed by atoms with Gasteiger partial charge in [-0.2, -0.15) is 0 Å². The fraction of sp³-hybridized carbons (Fsp3) is 0.636. The predicted octanol–water partition coefficient (Wildman–Crippen LogP) is 2.92. The fourth-order valence-corrected chi connectivity index (χ4v) is 5.68. The summed E-state index contributed by atoms with van der Waals surface area (Å²) in [4.78, 5) is 43.8. The number of nitrogens with one attached hydrogen (secondary N) is 2. The third-order valence-electron chi connectivity index (χ3n) is 6.30. The van der Waals surface area contributed by atoms with Crippen molar-refractivity contribution >= 4 is 33.4 Å². The van der Waals surface area contributed by atoms with Gasteiger partial charge in [0.25, 0.3) is 11.5 Å². The maximum atomic E-state index is 13.0. The van der Waals surface area contributed by atoms with Crippen LogP contribution in [0.4, 0.5) is 0 Å². The molecule has 4 rings (SSSR count). The molecule has 2 aromatic rings. The lowest BCUT2D eigenvalue weighted by molar-refractivity contribution is -0.125. The van der Waals surface area contributed by atoms with E-state index in [9.17, 15) is 14.4 Å². The highest BCUT2D eigenvalue weighted by molar-refractivity contribution is 7.20. The van der Waals surface area contributed by atoms with Crippen LogP contribution >= 0.6 is 11.3 Å². The number of nitrogens with zero attached hydrogens (tertiary/aromatic N) is 2. The molecule has 0 radical (unpaired) electrons. The van der Waals surface area contributed by atoms with Crippen LogP contribution in [0.25, 0.3) is 10.2 Å². The Kier molecular flexibility index (Phi) is 6.51. The summed E-state index contributed by atoms with van der Waals surface area (Å²) < 4.78 is 1.79. The Labute approximate surface area is 180 Å². The Morgan fingerprint density at radius 2 is 1.80 bits per heavy atom. The van der Waals surface area contributed by atoms with Gasteiger partial charge in [-0.15, -0.1) is 11.3 Å². The number of amides is 2. The second-order valence-corrected chi connectivity index (χ2v) is 9.41. The van der Waals surface area contributed by atoms with Gasteiger partial charge >= 0.3 is 0 Å². The molecule has 1 fully saturated rings. The topological polar surface area (TPSA) is 93.1 Å². The molecule has 2 amide bonds. The Hall–Kier alpha value is -2.22. The van der Waals surface area contributed by atoms with Crippen LogP contribution in [0, 0.1) is 12.8 Å². The van der Waals surface area contributed by atoms with E-state index in [4.69, 9.17) is 4.98 Å². The minimum Gasteiger partial charge on any atom is -0.354 e. The number of aromatic nitrogens is 2. The zero-order valence-corrected chi connectivity index (χ0v) is 18.4. The number of carbonyl (C=O) groups excluding carboxylic acids is 2. The van der Waals surface area contributed by atoms with E-state index in [1.807, 2.05) is 6.92 Å². The smallest absolute Gasteiger partial charge is 0.262 e. The number of hydrogen-bond donors (Lipinski definition) is 2. The zero-order valence-electron chi connectivity index (χ0n) is 17.6. The van der Waals surface area contributed by atoms with Crippen molar-refractivity contribution in [2.24, 2.45) is 5.92 Å². The second kappa shape index (κ2) is 9.29. The Balaban J connectivity index is 1.41. The minimum atomic E-state index is -0.206. The van der Waals surface area contributed by atoms with Gasteiger partial charge in [-0.05, 0) is 38.2 Å². The van der Waals surface area contributed by atoms with E-state index in [0.29, 0.717) is 40.3 Å². The number of fused-ring (bicyclic) bond motifs is 2. The first kappa shape index (κ1) is 21.0. The Bertz CT molecular complexity index is 1000. The first-order valence-electron chi connectivity index (χ1n) is 11.1. The number of thiophene rings is 1. The van der Waals surface area contributed by atoms with Gasteiger partial charge in [-0.25, -0.2) is 4.98 Å². The van der Waals surface area contributed by atoms with E-state index < -0.39 is 0 Å². The molecule has 1 aliphatic heterocycles. The van der Waals surface area contributed by atoms with Gasteiger partial charge in [0, 0.05) is 32.0 Å². The van der Waals surface area contributed by atoms with Gasteiger partial charge in [0.2, 0.25) is 5.91 Å². The first-order valence-corrected chi connectivity index (χ1v) is 12.0. The zero-order chi connectivity index (χ0) is 21.1. The molecule has 162 valence electrons. The molecule has 8 heteroatoms. The number of hydrogen-bond acceptors (Lipinski definition) is 5. The first-order chi connectivity index (χ1) is 14.6. The molecule has 0 saturated heterocycles. The molecule has 0 atom stereocenters. The molecular weight excluding hydrogens is 400 g/mol. The molecule has 2 N–H and O–H groups in total. The molecule has 3 heterocycles. The summed E-state index contributed by atoms with van der Waals surface area (Å²) in [6.45, 7) is 3.31. The molecule has 30 heavy (non-hydrogen) atoms. The van der Waals surface area contributed by atoms with Gasteiger partial charge < -0.3 is 10.6 Å². The van der Waals surface area contributed by atoms with Crippen LogP contribution in [0.2, 0.25) is 0 Å². The van der Waals surface area contributed by atoms with Gasteiger partial charge in [0.05, 0.1) is 10.3 Å². The lowest BCUT2D eigenvalue weighted by Crippen LogP contribution is -2.38. The number of aryl methyl sites for hydroxylation is 2. The van der Waals surface area contributed by atoms with Crippen molar-refractivity contribution < 1.29 is 9.59 Å². The van der Waals surface area contributed by atoms with Crippen LogP contribution in [0.3, 0.4) is 0 Å². The number of rotatable bonds is 5. The summed E-state index contributed by atoms with van der Waals surface area (Å²) in [5.41, 5.74) is 0.681. The van der Waals surface area contributed by atoms with Crippen molar-refractivity contribution in [1.82, 2.24) is 20.2 Å². The summed E-state index contributed by atoms with van der Waals surface area (Å²) in [6, 6.07) is 0. The molecule has 0 bridgehead atoms. The summed E-state index contributed by atoms with van der Waals surface area (Å²) in [5, 5.41) is 6.39. The highest BCUT2D eigenvalue weighted by atomic mass is 32.1. The summed E-state index contributed by atoms with van der Waals surface area (Å²) in [6.07, 6.45) is 9.35. The van der Waals surface area contributed by atoms with Gasteiger partial charge in [-0.3, -0.25) is 19.0 Å². The van der Waals surface area contributed by atoms with Crippen LogP contribution in [0.15, 0.2) is 4.79 Å². The third-order valence-corrected chi connectivity index (χ3v) is 7.49. The van der Waals surface area contributed by atoms with Crippen molar-refractivity contribution in [1.29, 1.82) is 0 Å². The predicted molar refractivity (Wildman–Crippen MR) is 118 cm³/mol. The van der Waals surface area contributed by atoms with Crippen molar-refractivity contribution in [2.45, 2.75) is 71.3 Å². The molecule has 7 nitrogen and oxygen atoms in total. The van der Waals surface area contributed by atoms with Crippen molar-refractivity contribution in [3.8, 4) is 0 Å². The average molecular weight is 431 g/mol. The summed E-state index contributed by atoms with van der Waals surface area (Å²) >= 11 is 1.29. The molecule has 2 aliphatic rings. The van der Waals surface area contributed by atoms with E-state index in [1.54, 1.807) is 4.57 Å². The summed E-state index contributed by atoms with van der Waals surface area (Å²) in [5.74, 6) is 0.847. The highest BCUT2D eigenvalue weighted by Crippen LogP contribution is 2.28. The molecule has 1 saturated carbocycles. The van der Waals surface area contributed by atoms with Gasteiger partial charge in [-0.1, -0.05) is 25.7 Å². The van der Waals surface area contributed by atoms with Gasteiger partial charge in [0.1, 0.15) is 10.7 Å². The van der Waals surface area contributed by atoms with Gasteiger partial charge in [0.15, 0.2) is 0 Å². The van der Waals surface area contributed by atoms with E-state index >= 15 is 0 Å². The monoisotopic (exact) mass is 430 g/mol. The lowest BCUT2D eigenvalue weighted by Gasteiger charge is -2.20. The van der Waals surface area contributed by atoms with Crippen LogP contribution in [-0.2, 0) is 17.8 Å². The molecule has 0 aromatic carbocycles. The Morgan fingerprint density at radius 1 is 1.07 bits per heavy atom. The quantitative estimate of drug-likeness (QED) is 0.714. The maximum absolute atomic E-state index is 13.0. The van der Waals surface area contributed by atoms with Crippen molar-refractivity contribution in [2.75, 3.05) is 13.1 Å². The second-order valence-electron chi connectivity index (χ2n) is 8.41. The van der Waals surface area contributed by atoms with Crippen LogP contribution in [-0.4, -0.2) is 34.5 Å². The average Bonchev–Trinajstić information content (AvgIpc) is 2.92.